The van der Waals surface area contributed by atoms with Gasteiger partial charge in [-0.05, 0) is 25.6 Å². The molecule has 0 spiro atoms. The van der Waals surface area contributed by atoms with Gasteiger partial charge in [0.1, 0.15) is 11.5 Å². The summed E-state index contributed by atoms with van der Waals surface area (Å²) in [5, 5.41) is 3.13. The van der Waals surface area contributed by atoms with Gasteiger partial charge in [-0.1, -0.05) is 6.07 Å². The Bertz CT molecular complexity index is 547. The number of pyridine rings is 1. The summed E-state index contributed by atoms with van der Waals surface area (Å²) in [7, 11) is 1.93. The minimum absolute atomic E-state index is 0.292. The summed E-state index contributed by atoms with van der Waals surface area (Å²) < 4.78 is 2.16. The van der Waals surface area contributed by atoms with Gasteiger partial charge in [0, 0.05) is 31.9 Å². The maximum Gasteiger partial charge on any atom is 0.138 e. The fourth-order valence-electron chi connectivity index (χ4n) is 2.57. The highest BCUT2D eigenvalue weighted by Crippen LogP contribution is 2.21. The van der Waals surface area contributed by atoms with Gasteiger partial charge in [-0.3, -0.25) is 4.40 Å². The molecule has 3 heterocycles. The molecule has 2 aromatic heterocycles. The smallest absolute Gasteiger partial charge is 0.138 e. The fourth-order valence-corrected chi connectivity index (χ4v) is 2.57. The molecule has 0 radical (unpaired) electrons. The van der Waals surface area contributed by atoms with E-state index in [9.17, 15) is 0 Å². The Kier molecular flexibility index (Phi) is 2.93. The van der Waals surface area contributed by atoms with Gasteiger partial charge in [-0.25, -0.2) is 4.98 Å². The van der Waals surface area contributed by atoms with Crippen molar-refractivity contribution in [1.82, 2.24) is 14.7 Å². The second-order valence-corrected chi connectivity index (χ2v) is 4.87. The molecule has 5 nitrogen and oxygen atoms in total. The summed E-state index contributed by atoms with van der Waals surface area (Å²) in [5.74, 6) is 1.19. The average molecular weight is 245 g/mol. The van der Waals surface area contributed by atoms with E-state index in [-0.39, 0.29) is 0 Å². The Hall–Kier alpha value is -1.59. The summed E-state index contributed by atoms with van der Waals surface area (Å²) in [6.07, 6.45) is 3.17. The second kappa shape index (κ2) is 4.59. The molecule has 1 atom stereocenters. The van der Waals surface area contributed by atoms with Crippen LogP contribution in [0.5, 0.6) is 0 Å². The number of nitrogens with two attached hydrogens (primary N) is 1. The first-order chi connectivity index (χ1) is 8.78. The Morgan fingerprint density at radius 3 is 3.11 bits per heavy atom. The van der Waals surface area contributed by atoms with Gasteiger partial charge in [0.15, 0.2) is 0 Å². The van der Waals surface area contributed by atoms with Crippen LogP contribution in [-0.2, 0) is 6.54 Å². The quantitative estimate of drug-likeness (QED) is 0.831. The number of hydrogen-bond donors (Lipinski definition) is 2. The third-order valence-corrected chi connectivity index (χ3v) is 3.43. The molecule has 3 N–H and O–H groups in total. The topological polar surface area (TPSA) is 58.6 Å². The number of rotatable bonds is 3. The highest BCUT2D eigenvalue weighted by Gasteiger charge is 2.21. The molecule has 0 aliphatic carbocycles. The first-order valence-corrected chi connectivity index (χ1v) is 6.40. The zero-order chi connectivity index (χ0) is 12.5. The number of nitrogens with zero attached hydrogens (tertiary/aromatic N) is 3. The SMILES string of the molecule is CNCc1cn2c(N3CCC(N)C3)cccc2n1. The van der Waals surface area contributed by atoms with Gasteiger partial charge in [0.25, 0.3) is 0 Å². The third kappa shape index (κ3) is 1.95. The molecule has 18 heavy (non-hydrogen) atoms. The summed E-state index contributed by atoms with van der Waals surface area (Å²) in [4.78, 5) is 6.93. The number of nitrogens with one attached hydrogen (secondary N) is 1. The van der Waals surface area contributed by atoms with E-state index in [1.54, 1.807) is 0 Å². The van der Waals surface area contributed by atoms with Crippen molar-refractivity contribution in [3.05, 3.63) is 30.1 Å². The fraction of sp³-hybridized carbons (Fsp3) is 0.462. The molecule has 2 aromatic rings. The van der Waals surface area contributed by atoms with E-state index in [4.69, 9.17) is 5.73 Å². The van der Waals surface area contributed by atoms with E-state index >= 15 is 0 Å². The van der Waals surface area contributed by atoms with Crippen LogP contribution in [0.4, 0.5) is 5.82 Å². The molecule has 1 saturated heterocycles. The molecule has 1 unspecified atom stereocenters. The maximum absolute atomic E-state index is 5.98. The normalized spacial score (nSPS) is 19.9. The molecule has 0 aromatic carbocycles. The minimum Gasteiger partial charge on any atom is -0.356 e. The van der Waals surface area contributed by atoms with Crippen LogP contribution < -0.4 is 16.0 Å². The zero-order valence-corrected chi connectivity index (χ0v) is 10.6. The monoisotopic (exact) mass is 245 g/mol. The van der Waals surface area contributed by atoms with Gasteiger partial charge >= 0.3 is 0 Å². The van der Waals surface area contributed by atoms with Crippen molar-refractivity contribution in [2.45, 2.75) is 19.0 Å². The molecule has 1 aliphatic rings. The average Bonchev–Trinajstić information content (AvgIpc) is 2.94. The van der Waals surface area contributed by atoms with Crippen LogP contribution in [0.25, 0.3) is 5.65 Å². The lowest BCUT2D eigenvalue weighted by atomic mass is 10.3. The van der Waals surface area contributed by atoms with Gasteiger partial charge < -0.3 is 16.0 Å². The zero-order valence-electron chi connectivity index (χ0n) is 10.6. The maximum atomic E-state index is 5.98. The lowest BCUT2D eigenvalue weighted by Crippen LogP contribution is -2.27. The van der Waals surface area contributed by atoms with Crippen molar-refractivity contribution in [3.63, 3.8) is 0 Å². The van der Waals surface area contributed by atoms with Crippen molar-refractivity contribution in [2.75, 3.05) is 25.0 Å². The third-order valence-electron chi connectivity index (χ3n) is 3.43. The van der Waals surface area contributed by atoms with E-state index in [1.165, 1.54) is 5.82 Å². The Morgan fingerprint density at radius 1 is 1.50 bits per heavy atom. The van der Waals surface area contributed by atoms with Gasteiger partial charge in [0.2, 0.25) is 0 Å². The van der Waals surface area contributed by atoms with Crippen LogP contribution in [0.2, 0.25) is 0 Å². The van der Waals surface area contributed by atoms with Gasteiger partial charge in [0.05, 0.1) is 5.69 Å². The first-order valence-electron chi connectivity index (χ1n) is 6.40. The van der Waals surface area contributed by atoms with E-state index in [2.05, 4.69) is 37.9 Å². The van der Waals surface area contributed by atoms with Crippen molar-refractivity contribution in [3.8, 4) is 0 Å². The predicted molar refractivity (Wildman–Crippen MR) is 72.8 cm³/mol. The van der Waals surface area contributed by atoms with E-state index in [1.807, 2.05) is 13.1 Å². The summed E-state index contributed by atoms with van der Waals surface area (Å²) in [6.45, 7) is 2.75. The number of hydrogen-bond acceptors (Lipinski definition) is 4. The molecule has 1 aliphatic heterocycles. The first kappa shape index (κ1) is 11.5. The van der Waals surface area contributed by atoms with Crippen LogP contribution in [0, 0.1) is 0 Å². The Labute approximate surface area is 107 Å². The number of anilines is 1. The van der Waals surface area contributed by atoms with Crippen molar-refractivity contribution >= 4 is 11.5 Å². The molecule has 5 heteroatoms. The summed E-state index contributed by atoms with van der Waals surface area (Å²) >= 11 is 0. The standard InChI is InChI=1S/C13H19N5/c1-15-7-11-9-18-12(16-11)3-2-4-13(18)17-6-5-10(14)8-17/h2-4,9-10,15H,5-8,14H2,1H3. The van der Waals surface area contributed by atoms with E-state index in [0.717, 1.165) is 37.4 Å². The molecular formula is C13H19N5. The number of aromatic nitrogens is 2. The van der Waals surface area contributed by atoms with Crippen molar-refractivity contribution in [1.29, 1.82) is 0 Å². The molecule has 0 bridgehead atoms. The van der Waals surface area contributed by atoms with Crippen LogP contribution >= 0.6 is 0 Å². The minimum atomic E-state index is 0.292. The van der Waals surface area contributed by atoms with Crippen molar-refractivity contribution < 1.29 is 0 Å². The molecule has 3 rings (SSSR count). The van der Waals surface area contributed by atoms with Crippen molar-refractivity contribution in [2.24, 2.45) is 5.73 Å². The molecule has 0 amide bonds. The van der Waals surface area contributed by atoms with Crippen LogP contribution in [0.3, 0.4) is 0 Å². The summed E-state index contributed by atoms with van der Waals surface area (Å²) in [6, 6.07) is 6.53. The Balaban J connectivity index is 2.00. The second-order valence-electron chi connectivity index (χ2n) is 4.87. The molecule has 1 fully saturated rings. The van der Waals surface area contributed by atoms with Crippen LogP contribution in [0.15, 0.2) is 24.4 Å². The van der Waals surface area contributed by atoms with Crippen LogP contribution in [0.1, 0.15) is 12.1 Å². The summed E-state index contributed by atoms with van der Waals surface area (Å²) in [5.41, 5.74) is 8.04. The highest BCUT2D eigenvalue weighted by atomic mass is 15.3. The van der Waals surface area contributed by atoms with Crippen LogP contribution in [-0.4, -0.2) is 35.6 Å². The Morgan fingerprint density at radius 2 is 2.39 bits per heavy atom. The van der Waals surface area contributed by atoms with Gasteiger partial charge in [-0.2, -0.15) is 0 Å². The highest BCUT2D eigenvalue weighted by molar-refractivity contribution is 5.53. The predicted octanol–water partition coefficient (Wildman–Crippen LogP) is 0.591. The number of fused-ring (bicyclic) bond motifs is 1. The number of imidazole rings is 1. The lowest BCUT2D eigenvalue weighted by molar-refractivity contribution is 0.751. The van der Waals surface area contributed by atoms with E-state index in [0.29, 0.717) is 6.04 Å². The largest absolute Gasteiger partial charge is 0.356 e. The molecular weight excluding hydrogens is 226 g/mol. The molecule has 0 saturated carbocycles. The molecule has 96 valence electrons. The van der Waals surface area contributed by atoms with E-state index < -0.39 is 0 Å². The van der Waals surface area contributed by atoms with Gasteiger partial charge in [-0.15, -0.1) is 0 Å². The lowest BCUT2D eigenvalue weighted by Gasteiger charge is -2.19.